The number of rotatable bonds is 5. The van der Waals surface area contributed by atoms with Crippen LogP contribution in [0.4, 0.5) is 0 Å². The fourth-order valence-electron chi connectivity index (χ4n) is 1.17. The van der Waals surface area contributed by atoms with E-state index in [0.717, 1.165) is 5.56 Å². The molecular weight excluding hydrogens is 228 g/mol. The predicted molar refractivity (Wildman–Crippen MR) is 70.6 cm³/mol. The molecule has 1 unspecified atom stereocenters. The van der Waals surface area contributed by atoms with E-state index in [1.54, 1.807) is 6.92 Å². The third kappa shape index (κ3) is 3.92. The minimum absolute atomic E-state index is 0.0990. The van der Waals surface area contributed by atoms with Gasteiger partial charge in [-0.2, -0.15) is 0 Å². The number of aromatic nitrogens is 2. The zero-order valence-corrected chi connectivity index (χ0v) is 11.7. The number of ether oxygens (including phenoxy) is 2. The molecular formula is C14H20N2O2. The standard InChI is InChI=1S/C14H20N2O2/c1-6-7-8-17-13-11(4)14(16-9-15-13)18-12(5)10(2)3/h9-10,12H,8H2,1-5H3. The molecule has 1 atom stereocenters. The summed E-state index contributed by atoms with van der Waals surface area (Å²) in [5, 5.41) is 0. The maximum Gasteiger partial charge on any atom is 0.224 e. The fraction of sp³-hybridized carbons (Fsp3) is 0.571. The monoisotopic (exact) mass is 248 g/mol. The van der Waals surface area contributed by atoms with Gasteiger partial charge in [-0.25, -0.2) is 9.97 Å². The first-order chi connectivity index (χ1) is 8.56. The van der Waals surface area contributed by atoms with Crippen molar-refractivity contribution in [2.75, 3.05) is 6.61 Å². The number of nitrogens with zero attached hydrogens (tertiary/aromatic N) is 2. The van der Waals surface area contributed by atoms with Crippen molar-refractivity contribution in [1.29, 1.82) is 0 Å². The van der Waals surface area contributed by atoms with Crippen molar-refractivity contribution in [3.63, 3.8) is 0 Å². The lowest BCUT2D eigenvalue weighted by molar-refractivity contribution is 0.160. The van der Waals surface area contributed by atoms with Crippen LogP contribution in [0.2, 0.25) is 0 Å². The van der Waals surface area contributed by atoms with E-state index in [0.29, 0.717) is 24.3 Å². The van der Waals surface area contributed by atoms with Crippen molar-refractivity contribution in [2.24, 2.45) is 5.92 Å². The Kier molecular flexibility index (Phi) is 5.44. The van der Waals surface area contributed by atoms with Crippen molar-refractivity contribution >= 4 is 0 Å². The van der Waals surface area contributed by atoms with Gasteiger partial charge in [-0.05, 0) is 26.7 Å². The van der Waals surface area contributed by atoms with Crippen LogP contribution in [0.5, 0.6) is 11.8 Å². The molecule has 1 heterocycles. The van der Waals surface area contributed by atoms with Crippen molar-refractivity contribution in [3.8, 4) is 23.6 Å². The Bertz CT molecular complexity index is 447. The van der Waals surface area contributed by atoms with Gasteiger partial charge in [0.25, 0.3) is 0 Å². The second kappa shape index (κ2) is 6.85. The Balaban J connectivity index is 2.80. The Labute approximate surface area is 109 Å². The van der Waals surface area contributed by atoms with Crippen LogP contribution in [0.1, 0.15) is 33.3 Å². The molecule has 1 aromatic heterocycles. The third-order valence-corrected chi connectivity index (χ3v) is 2.69. The predicted octanol–water partition coefficient (Wildman–Crippen LogP) is 2.61. The minimum Gasteiger partial charge on any atom is -0.474 e. The van der Waals surface area contributed by atoms with Gasteiger partial charge in [0.15, 0.2) is 6.61 Å². The van der Waals surface area contributed by atoms with Gasteiger partial charge in [0.2, 0.25) is 11.8 Å². The van der Waals surface area contributed by atoms with E-state index in [9.17, 15) is 0 Å². The van der Waals surface area contributed by atoms with Gasteiger partial charge in [0.1, 0.15) is 6.33 Å². The van der Waals surface area contributed by atoms with Crippen LogP contribution in [-0.2, 0) is 0 Å². The maximum absolute atomic E-state index is 5.79. The second-order valence-corrected chi connectivity index (χ2v) is 4.39. The summed E-state index contributed by atoms with van der Waals surface area (Å²) in [4.78, 5) is 8.22. The van der Waals surface area contributed by atoms with E-state index < -0.39 is 0 Å². The van der Waals surface area contributed by atoms with E-state index in [1.165, 1.54) is 6.33 Å². The van der Waals surface area contributed by atoms with Crippen LogP contribution >= 0.6 is 0 Å². The molecule has 18 heavy (non-hydrogen) atoms. The van der Waals surface area contributed by atoms with Crippen molar-refractivity contribution in [3.05, 3.63) is 11.9 Å². The summed E-state index contributed by atoms with van der Waals surface area (Å²) in [6, 6.07) is 0. The van der Waals surface area contributed by atoms with Gasteiger partial charge in [-0.15, -0.1) is 5.92 Å². The normalized spacial score (nSPS) is 11.7. The van der Waals surface area contributed by atoms with Gasteiger partial charge in [0.05, 0.1) is 11.7 Å². The number of hydrogen-bond acceptors (Lipinski definition) is 4. The molecule has 1 aromatic rings. The molecule has 0 N–H and O–H groups in total. The van der Waals surface area contributed by atoms with Gasteiger partial charge >= 0.3 is 0 Å². The molecule has 0 fully saturated rings. The lowest BCUT2D eigenvalue weighted by atomic mass is 10.1. The molecule has 4 heteroatoms. The molecule has 0 aliphatic carbocycles. The Morgan fingerprint density at radius 3 is 2.50 bits per heavy atom. The zero-order chi connectivity index (χ0) is 13.5. The average molecular weight is 248 g/mol. The molecule has 0 amide bonds. The summed E-state index contributed by atoms with van der Waals surface area (Å²) >= 11 is 0. The first-order valence-corrected chi connectivity index (χ1v) is 6.07. The quantitative estimate of drug-likeness (QED) is 0.751. The fourth-order valence-corrected chi connectivity index (χ4v) is 1.17. The van der Waals surface area contributed by atoms with E-state index in [1.807, 2.05) is 13.8 Å². The van der Waals surface area contributed by atoms with Crippen LogP contribution in [0.15, 0.2) is 6.33 Å². The molecule has 0 aliphatic rings. The molecule has 1 rings (SSSR count). The Morgan fingerprint density at radius 2 is 1.89 bits per heavy atom. The molecule has 0 saturated heterocycles. The Hall–Kier alpha value is -1.76. The summed E-state index contributed by atoms with van der Waals surface area (Å²) < 4.78 is 11.2. The summed E-state index contributed by atoms with van der Waals surface area (Å²) in [6.45, 7) is 10.2. The maximum atomic E-state index is 5.79. The van der Waals surface area contributed by atoms with Gasteiger partial charge in [-0.3, -0.25) is 0 Å². The van der Waals surface area contributed by atoms with E-state index in [-0.39, 0.29) is 6.10 Å². The molecule has 0 saturated carbocycles. The lowest BCUT2D eigenvalue weighted by Crippen LogP contribution is -2.20. The van der Waals surface area contributed by atoms with E-state index >= 15 is 0 Å². The van der Waals surface area contributed by atoms with E-state index in [4.69, 9.17) is 9.47 Å². The second-order valence-electron chi connectivity index (χ2n) is 4.39. The van der Waals surface area contributed by atoms with Crippen LogP contribution < -0.4 is 9.47 Å². The molecule has 0 radical (unpaired) electrons. The van der Waals surface area contributed by atoms with Gasteiger partial charge < -0.3 is 9.47 Å². The molecule has 4 nitrogen and oxygen atoms in total. The Morgan fingerprint density at radius 1 is 1.22 bits per heavy atom. The summed E-state index contributed by atoms with van der Waals surface area (Å²) in [5.74, 6) is 7.13. The first-order valence-electron chi connectivity index (χ1n) is 6.07. The van der Waals surface area contributed by atoms with Crippen molar-refractivity contribution in [2.45, 2.75) is 40.7 Å². The van der Waals surface area contributed by atoms with Crippen LogP contribution in [0, 0.1) is 24.7 Å². The van der Waals surface area contributed by atoms with Crippen LogP contribution in [0.25, 0.3) is 0 Å². The largest absolute Gasteiger partial charge is 0.474 e. The SMILES string of the molecule is CC#CCOc1ncnc(OC(C)C(C)C)c1C. The number of hydrogen-bond donors (Lipinski definition) is 0. The smallest absolute Gasteiger partial charge is 0.224 e. The molecule has 0 aliphatic heterocycles. The summed E-state index contributed by atoms with van der Waals surface area (Å²) in [5.41, 5.74) is 0.808. The highest BCUT2D eigenvalue weighted by molar-refractivity contribution is 5.33. The van der Waals surface area contributed by atoms with E-state index in [2.05, 4.69) is 35.7 Å². The van der Waals surface area contributed by atoms with Crippen LogP contribution in [-0.4, -0.2) is 22.7 Å². The highest BCUT2D eigenvalue weighted by Gasteiger charge is 2.14. The molecule has 98 valence electrons. The minimum atomic E-state index is 0.0990. The summed E-state index contributed by atoms with van der Waals surface area (Å²) in [6.07, 6.45) is 1.55. The van der Waals surface area contributed by atoms with Crippen LogP contribution in [0.3, 0.4) is 0 Å². The topological polar surface area (TPSA) is 44.2 Å². The van der Waals surface area contributed by atoms with Crippen molar-refractivity contribution in [1.82, 2.24) is 9.97 Å². The first kappa shape index (κ1) is 14.3. The van der Waals surface area contributed by atoms with Gasteiger partial charge in [-0.1, -0.05) is 19.8 Å². The van der Waals surface area contributed by atoms with Gasteiger partial charge in [0, 0.05) is 0 Å². The highest BCUT2D eigenvalue weighted by Crippen LogP contribution is 2.24. The van der Waals surface area contributed by atoms with Crippen molar-refractivity contribution < 1.29 is 9.47 Å². The lowest BCUT2D eigenvalue weighted by Gasteiger charge is -2.18. The highest BCUT2D eigenvalue weighted by atomic mass is 16.5. The average Bonchev–Trinajstić information content (AvgIpc) is 2.33. The third-order valence-electron chi connectivity index (χ3n) is 2.69. The summed E-state index contributed by atoms with van der Waals surface area (Å²) in [7, 11) is 0. The zero-order valence-electron chi connectivity index (χ0n) is 11.7. The molecule has 0 aromatic carbocycles. The molecule has 0 bridgehead atoms. The molecule has 0 spiro atoms.